The van der Waals surface area contributed by atoms with Crippen LogP contribution in [0.25, 0.3) is 0 Å². The van der Waals surface area contributed by atoms with E-state index < -0.39 is 72.3 Å². The van der Waals surface area contributed by atoms with Gasteiger partial charge in [-0.15, -0.1) is 0 Å². The maximum absolute atomic E-state index is 14.0. The second kappa shape index (κ2) is 8.44. The highest BCUT2D eigenvalue weighted by atomic mass is 32.2. The van der Waals surface area contributed by atoms with E-state index in [1.54, 1.807) is 0 Å². The molecule has 0 fully saturated rings. The lowest BCUT2D eigenvalue weighted by atomic mass is 9.91. The number of nitro benzene ring substituents is 1. The summed E-state index contributed by atoms with van der Waals surface area (Å²) in [6.07, 6.45) is -7.92. The van der Waals surface area contributed by atoms with E-state index in [9.17, 15) is 93.2 Å². The summed E-state index contributed by atoms with van der Waals surface area (Å²) in [7, 11) is -7.49. The van der Waals surface area contributed by atoms with Crippen molar-refractivity contribution in [2.75, 3.05) is 0 Å². The monoisotopic (exact) mass is 605 g/mol. The third kappa shape index (κ3) is 4.11. The molecule has 0 N–H and O–H groups in total. The fourth-order valence-corrected chi connectivity index (χ4v) is 3.47. The summed E-state index contributed by atoms with van der Waals surface area (Å²) >= 11 is 0. The van der Waals surface area contributed by atoms with Gasteiger partial charge in [-0.05, 0) is 12.1 Å². The van der Waals surface area contributed by atoms with E-state index in [1.165, 1.54) is 0 Å². The Hall–Kier alpha value is -2.62. The number of halogens is 17. The van der Waals surface area contributed by atoms with E-state index in [0.29, 0.717) is 0 Å². The average Bonchev–Trinajstić information content (AvgIpc) is 2.71. The number of benzene rings is 1. The predicted octanol–water partition coefficient (Wildman–Crippen LogP) is 6.34. The van der Waals surface area contributed by atoms with Gasteiger partial charge in [0, 0.05) is 12.1 Å². The van der Waals surface area contributed by atoms with Crippen molar-refractivity contribution in [2.24, 2.45) is 0 Å². The molecule has 1 aromatic carbocycles. The largest absolute Gasteiger partial charge is 0.460 e. The first-order chi connectivity index (χ1) is 15.9. The Morgan fingerprint density at radius 1 is 0.541 bits per heavy atom. The Morgan fingerprint density at radius 2 is 0.838 bits per heavy atom. The first kappa shape index (κ1) is 32.4. The molecule has 0 aliphatic carbocycles. The number of alkyl halides is 17. The number of hydrogen-bond donors (Lipinski definition) is 0. The zero-order valence-corrected chi connectivity index (χ0v) is 17.0. The van der Waals surface area contributed by atoms with Crippen molar-refractivity contribution in [3.05, 3.63) is 34.4 Å². The number of hydrogen-bond acceptors (Lipinski definition) is 4. The van der Waals surface area contributed by atoms with Gasteiger partial charge in [-0.2, -0.15) is 74.6 Å². The molecule has 0 aliphatic heterocycles. The molecule has 0 radical (unpaired) electrons. The molecule has 0 amide bonds. The molecule has 1 aromatic rings. The van der Waals surface area contributed by atoms with Crippen LogP contribution in [0.15, 0.2) is 29.2 Å². The highest BCUT2D eigenvalue weighted by Crippen LogP contribution is 2.64. The molecule has 1 rings (SSSR count). The van der Waals surface area contributed by atoms with Gasteiger partial charge < -0.3 is 0 Å². The third-order valence-corrected chi connectivity index (χ3v) is 6.21. The van der Waals surface area contributed by atoms with Crippen LogP contribution in [0.5, 0.6) is 0 Å². The van der Waals surface area contributed by atoms with Gasteiger partial charge in [0.25, 0.3) is 5.69 Å². The lowest BCUT2D eigenvalue weighted by molar-refractivity contribution is -0.458. The Bertz CT molecular complexity index is 1140. The van der Waals surface area contributed by atoms with Crippen molar-refractivity contribution in [1.29, 1.82) is 0 Å². The van der Waals surface area contributed by atoms with Crippen LogP contribution < -0.4 is 0 Å². The molecule has 5 nitrogen and oxygen atoms in total. The van der Waals surface area contributed by atoms with Crippen LogP contribution in [0.1, 0.15) is 0 Å². The molecule has 23 heteroatoms. The van der Waals surface area contributed by atoms with E-state index in [4.69, 9.17) is 0 Å². The van der Waals surface area contributed by atoms with Crippen molar-refractivity contribution in [1.82, 2.24) is 0 Å². The number of sulfone groups is 1. The lowest BCUT2D eigenvalue weighted by Crippen LogP contribution is -2.75. The van der Waals surface area contributed by atoms with Crippen LogP contribution in [-0.4, -0.2) is 60.3 Å². The molecule has 0 heterocycles. The normalized spacial score (nSPS) is 15.6. The Kier molecular flexibility index (Phi) is 7.40. The molecule has 0 bridgehead atoms. The van der Waals surface area contributed by atoms with E-state index in [0.717, 1.165) is 0 Å². The SMILES string of the molecule is O=[N+]([O-])c1ccc(S(=O)(=O)C(F)(F)C(F)(F)C(F)(F)C(F)(F)C(F)(F)C(F)(F)C(F)(F)C(F)(F)F)cc1. The Morgan fingerprint density at radius 3 is 1.14 bits per heavy atom. The summed E-state index contributed by atoms with van der Waals surface area (Å²) in [6.45, 7) is 0. The van der Waals surface area contributed by atoms with Gasteiger partial charge in [0.1, 0.15) is 0 Å². The molecule has 0 atom stereocenters. The maximum atomic E-state index is 14.0. The van der Waals surface area contributed by atoms with E-state index in [-0.39, 0.29) is 24.3 Å². The quantitative estimate of drug-likeness (QED) is 0.187. The minimum atomic E-state index is -8.93. The van der Waals surface area contributed by atoms with Crippen molar-refractivity contribution >= 4 is 15.5 Å². The molecule has 0 aliphatic rings. The fourth-order valence-electron chi connectivity index (χ4n) is 2.21. The molecule has 214 valence electrons. The average molecular weight is 605 g/mol. The van der Waals surface area contributed by atoms with E-state index >= 15 is 0 Å². The zero-order chi connectivity index (χ0) is 30.1. The minimum absolute atomic E-state index is 0.0538. The highest BCUT2D eigenvalue weighted by Gasteiger charge is 2.96. The molecule has 0 unspecified atom stereocenters. The summed E-state index contributed by atoms with van der Waals surface area (Å²) in [5.74, 6) is -52.2. The standard InChI is InChI=1S/C14H4F17NO4S/c15-7(16,9(19,20)11(23,24)13(27,28)29)8(17,18)10(21,22)12(25,26)14(30,31)37(35,36)6-3-1-5(2-4-6)32(33)34/h1-4H. The molecule has 37 heavy (non-hydrogen) atoms. The smallest absolute Gasteiger partial charge is 0.258 e. The van der Waals surface area contributed by atoms with Gasteiger partial charge in [0.15, 0.2) is 0 Å². The van der Waals surface area contributed by atoms with Crippen LogP contribution in [-0.2, 0) is 9.84 Å². The van der Waals surface area contributed by atoms with Crippen molar-refractivity contribution in [3.8, 4) is 0 Å². The minimum Gasteiger partial charge on any atom is -0.258 e. The molecular formula is C14H4F17NO4S. The van der Waals surface area contributed by atoms with Gasteiger partial charge in [-0.1, -0.05) is 0 Å². The second-order valence-corrected chi connectivity index (χ2v) is 8.71. The van der Waals surface area contributed by atoms with Gasteiger partial charge in [-0.3, -0.25) is 10.1 Å². The first-order valence-electron chi connectivity index (χ1n) is 8.11. The molecule has 0 saturated heterocycles. The third-order valence-electron chi connectivity index (χ3n) is 4.39. The summed E-state index contributed by atoms with van der Waals surface area (Å²) in [6, 6.07) is -0.857. The lowest BCUT2D eigenvalue weighted by Gasteiger charge is -2.42. The van der Waals surface area contributed by atoms with Crippen molar-refractivity contribution in [2.45, 2.75) is 51.9 Å². The van der Waals surface area contributed by atoms with Crippen molar-refractivity contribution < 1.29 is 88.0 Å². The van der Waals surface area contributed by atoms with E-state index in [1.807, 2.05) is 0 Å². The summed E-state index contributed by atoms with van der Waals surface area (Å²) < 4.78 is 248. The Labute approximate surface area is 190 Å². The summed E-state index contributed by atoms with van der Waals surface area (Å²) in [5, 5.41) is 2.70. The van der Waals surface area contributed by atoms with Crippen LogP contribution >= 0.6 is 0 Å². The van der Waals surface area contributed by atoms with Gasteiger partial charge in [-0.25, -0.2) is 8.42 Å². The van der Waals surface area contributed by atoms with Crippen LogP contribution in [0.2, 0.25) is 0 Å². The predicted molar refractivity (Wildman–Crippen MR) is 81.0 cm³/mol. The van der Waals surface area contributed by atoms with E-state index in [2.05, 4.69) is 0 Å². The van der Waals surface area contributed by atoms with Gasteiger partial charge in [0.05, 0.1) is 9.82 Å². The molecular weight excluding hydrogens is 601 g/mol. The van der Waals surface area contributed by atoms with Gasteiger partial charge >= 0.3 is 47.0 Å². The van der Waals surface area contributed by atoms with Gasteiger partial charge in [0.2, 0.25) is 9.84 Å². The fraction of sp³-hybridized carbons (Fsp3) is 0.571. The zero-order valence-electron chi connectivity index (χ0n) is 16.2. The van der Waals surface area contributed by atoms with Crippen LogP contribution in [0.3, 0.4) is 0 Å². The molecule has 0 saturated carbocycles. The molecule has 0 aromatic heterocycles. The number of rotatable bonds is 9. The topological polar surface area (TPSA) is 77.3 Å². The van der Waals surface area contributed by atoms with Crippen LogP contribution in [0.4, 0.5) is 80.3 Å². The Balaban J connectivity index is 3.79. The highest BCUT2D eigenvalue weighted by molar-refractivity contribution is 7.92. The summed E-state index contributed by atoms with van der Waals surface area (Å²) in [5.41, 5.74) is -1.17. The van der Waals surface area contributed by atoms with Crippen molar-refractivity contribution in [3.63, 3.8) is 0 Å². The number of non-ortho nitro benzene ring substituents is 1. The maximum Gasteiger partial charge on any atom is 0.460 e. The number of nitrogens with zero attached hydrogens (tertiary/aromatic N) is 1. The first-order valence-corrected chi connectivity index (χ1v) is 9.60. The molecule has 0 spiro atoms. The summed E-state index contributed by atoms with van der Waals surface area (Å²) in [4.78, 5) is 6.75. The second-order valence-electron chi connectivity index (χ2n) is 6.72. The number of nitro groups is 1. The van der Waals surface area contributed by atoms with Crippen LogP contribution in [0, 0.1) is 10.1 Å².